The Morgan fingerprint density at radius 2 is 1.93 bits per heavy atom. The Morgan fingerprint density at radius 3 is 2.62 bits per heavy atom. The summed E-state index contributed by atoms with van der Waals surface area (Å²) in [6, 6.07) is 2.09. The van der Waals surface area contributed by atoms with Gasteiger partial charge in [0.15, 0.2) is 5.65 Å². The van der Waals surface area contributed by atoms with Gasteiger partial charge in [0.1, 0.15) is 5.52 Å². The maximum absolute atomic E-state index is 12.5. The summed E-state index contributed by atoms with van der Waals surface area (Å²) in [5.74, 6) is 0.252. The minimum absolute atomic E-state index is 0.0830. The van der Waals surface area contributed by atoms with E-state index in [4.69, 9.17) is 9.72 Å². The molecule has 2 saturated heterocycles. The largest absolute Gasteiger partial charge is 0.376 e. The zero-order chi connectivity index (χ0) is 20.2. The summed E-state index contributed by atoms with van der Waals surface area (Å²) in [6.45, 7) is 7.39. The third-order valence-corrected chi connectivity index (χ3v) is 6.09. The lowest BCUT2D eigenvalue weighted by molar-refractivity contribution is -0.126. The van der Waals surface area contributed by atoms with E-state index in [1.807, 2.05) is 6.20 Å². The molecule has 0 spiro atoms. The van der Waals surface area contributed by atoms with Crippen molar-refractivity contribution in [1.29, 1.82) is 0 Å². The molecule has 7 heteroatoms. The van der Waals surface area contributed by atoms with Crippen LogP contribution in [0.2, 0.25) is 0 Å². The fraction of sp³-hybridized carbons (Fsp3) is 0.636. The molecule has 1 N–H and O–H groups in total. The average Bonchev–Trinajstić information content (AvgIpc) is 3.30. The second kappa shape index (κ2) is 9.03. The van der Waals surface area contributed by atoms with Crippen molar-refractivity contribution in [3.8, 4) is 0 Å². The van der Waals surface area contributed by atoms with E-state index < -0.39 is 0 Å². The van der Waals surface area contributed by atoms with Crippen LogP contribution < -0.4 is 10.2 Å². The first-order valence-corrected chi connectivity index (χ1v) is 11.0. The number of hydrogen-bond donors (Lipinski definition) is 1. The number of carbonyl (C=O) groups is 1. The number of carbonyl (C=O) groups excluding carboxylic acids is 1. The first-order chi connectivity index (χ1) is 14.2. The predicted octanol–water partition coefficient (Wildman–Crippen LogP) is 2.66. The molecule has 2 aliphatic rings. The third-order valence-electron chi connectivity index (χ3n) is 6.09. The maximum Gasteiger partial charge on any atom is 0.223 e. The summed E-state index contributed by atoms with van der Waals surface area (Å²) in [6.07, 6.45) is 7.70. The van der Waals surface area contributed by atoms with Gasteiger partial charge in [0.25, 0.3) is 0 Å². The lowest BCUT2D eigenvalue weighted by Crippen LogP contribution is -2.42. The SMILES string of the molecule is CCc1nc2cc(N3CCC(C(=O)NC[C@@H]4CCCO4)CC3)cnc2nc1CC. The molecule has 0 saturated carbocycles. The van der Waals surface area contributed by atoms with Gasteiger partial charge in [-0.3, -0.25) is 4.79 Å². The maximum atomic E-state index is 12.5. The molecule has 2 fully saturated rings. The topological polar surface area (TPSA) is 80.2 Å². The van der Waals surface area contributed by atoms with Crippen LogP contribution in [-0.4, -0.2) is 53.2 Å². The highest BCUT2D eigenvalue weighted by atomic mass is 16.5. The molecular formula is C22H31N5O2. The predicted molar refractivity (Wildman–Crippen MR) is 113 cm³/mol. The Labute approximate surface area is 172 Å². The van der Waals surface area contributed by atoms with E-state index in [0.29, 0.717) is 12.2 Å². The molecule has 0 aliphatic carbocycles. The van der Waals surface area contributed by atoms with Crippen LogP contribution in [0, 0.1) is 5.92 Å². The highest BCUT2D eigenvalue weighted by molar-refractivity contribution is 5.79. The number of pyridine rings is 1. The van der Waals surface area contributed by atoms with Crippen LogP contribution in [0.15, 0.2) is 12.3 Å². The Kier molecular flexibility index (Phi) is 6.23. The number of aromatic nitrogens is 3. The minimum atomic E-state index is 0.0830. The number of nitrogens with one attached hydrogen (secondary N) is 1. The summed E-state index contributed by atoms with van der Waals surface area (Å²) >= 11 is 0. The van der Waals surface area contributed by atoms with Crippen molar-refractivity contribution in [2.45, 2.75) is 58.5 Å². The van der Waals surface area contributed by atoms with E-state index in [9.17, 15) is 4.79 Å². The molecule has 2 aromatic heterocycles. The number of hydrogen-bond acceptors (Lipinski definition) is 6. The second-order valence-corrected chi connectivity index (χ2v) is 8.00. The molecule has 4 rings (SSSR count). The van der Waals surface area contributed by atoms with Crippen molar-refractivity contribution < 1.29 is 9.53 Å². The van der Waals surface area contributed by atoms with E-state index >= 15 is 0 Å². The smallest absolute Gasteiger partial charge is 0.223 e. The van der Waals surface area contributed by atoms with Gasteiger partial charge in [-0.25, -0.2) is 15.0 Å². The van der Waals surface area contributed by atoms with Crippen LogP contribution in [0.5, 0.6) is 0 Å². The highest BCUT2D eigenvalue weighted by Gasteiger charge is 2.26. The van der Waals surface area contributed by atoms with E-state index in [0.717, 1.165) is 80.8 Å². The number of anilines is 1. The summed E-state index contributed by atoms with van der Waals surface area (Å²) in [5, 5.41) is 3.08. The Morgan fingerprint density at radius 1 is 1.17 bits per heavy atom. The van der Waals surface area contributed by atoms with Gasteiger partial charge in [0.2, 0.25) is 5.91 Å². The molecule has 1 atom stereocenters. The Balaban J connectivity index is 1.37. The van der Waals surface area contributed by atoms with E-state index in [2.05, 4.69) is 40.1 Å². The Bertz CT molecular complexity index is 858. The molecule has 156 valence electrons. The number of rotatable bonds is 6. The van der Waals surface area contributed by atoms with Crippen molar-refractivity contribution in [1.82, 2.24) is 20.3 Å². The molecule has 2 aliphatic heterocycles. The van der Waals surface area contributed by atoms with Gasteiger partial charge >= 0.3 is 0 Å². The minimum Gasteiger partial charge on any atom is -0.376 e. The number of piperidine rings is 1. The third kappa shape index (κ3) is 4.50. The van der Waals surface area contributed by atoms with Crippen LogP contribution >= 0.6 is 0 Å². The van der Waals surface area contributed by atoms with Crippen LogP contribution in [0.4, 0.5) is 5.69 Å². The van der Waals surface area contributed by atoms with Crippen molar-refractivity contribution >= 4 is 22.8 Å². The lowest BCUT2D eigenvalue weighted by atomic mass is 9.95. The quantitative estimate of drug-likeness (QED) is 0.807. The number of amides is 1. The monoisotopic (exact) mass is 397 g/mol. The molecular weight excluding hydrogens is 366 g/mol. The highest BCUT2D eigenvalue weighted by Crippen LogP contribution is 2.25. The van der Waals surface area contributed by atoms with Crippen molar-refractivity contribution in [3.63, 3.8) is 0 Å². The average molecular weight is 398 g/mol. The normalized spacial score (nSPS) is 20.3. The van der Waals surface area contributed by atoms with Crippen molar-refractivity contribution in [2.24, 2.45) is 5.92 Å². The molecule has 4 heterocycles. The molecule has 29 heavy (non-hydrogen) atoms. The van der Waals surface area contributed by atoms with Crippen LogP contribution in [0.3, 0.4) is 0 Å². The van der Waals surface area contributed by atoms with Gasteiger partial charge in [0.05, 0.1) is 29.4 Å². The fourth-order valence-electron chi connectivity index (χ4n) is 4.31. The Hall–Kier alpha value is -2.28. The summed E-state index contributed by atoms with van der Waals surface area (Å²) in [4.78, 5) is 28.8. The molecule has 0 bridgehead atoms. The molecule has 0 aromatic carbocycles. The van der Waals surface area contributed by atoms with E-state index in [1.165, 1.54) is 0 Å². The van der Waals surface area contributed by atoms with Crippen LogP contribution in [0.25, 0.3) is 11.2 Å². The first-order valence-electron chi connectivity index (χ1n) is 11.0. The zero-order valence-electron chi connectivity index (χ0n) is 17.5. The molecule has 1 amide bonds. The van der Waals surface area contributed by atoms with Gasteiger partial charge in [-0.2, -0.15) is 0 Å². The molecule has 0 unspecified atom stereocenters. The lowest BCUT2D eigenvalue weighted by Gasteiger charge is -2.33. The number of fused-ring (bicyclic) bond motifs is 1. The van der Waals surface area contributed by atoms with Crippen molar-refractivity contribution in [2.75, 3.05) is 31.1 Å². The van der Waals surface area contributed by atoms with Gasteiger partial charge in [-0.15, -0.1) is 0 Å². The van der Waals surface area contributed by atoms with Crippen LogP contribution in [0.1, 0.15) is 50.9 Å². The zero-order valence-corrected chi connectivity index (χ0v) is 17.5. The number of aryl methyl sites for hydroxylation is 2. The van der Waals surface area contributed by atoms with Gasteiger partial charge in [0, 0.05) is 32.2 Å². The van der Waals surface area contributed by atoms with E-state index in [-0.39, 0.29) is 17.9 Å². The number of nitrogens with zero attached hydrogens (tertiary/aromatic N) is 4. The van der Waals surface area contributed by atoms with Gasteiger partial charge in [-0.1, -0.05) is 13.8 Å². The standard InChI is InChI=1S/C22H31N5O2/c1-3-18-19(4-2)26-21-20(25-18)12-16(13-23-21)27-9-7-15(8-10-27)22(28)24-14-17-6-5-11-29-17/h12-13,15,17H,3-11,14H2,1-2H3,(H,24,28)/t17-/m0/s1. The summed E-state index contributed by atoms with van der Waals surface area (Å²) in [7, 11) is 0. The molecule has 0 radical (unpaired) electrons. The molecule has 2 aromatic rings. The van der Waals surface area contributed by atoms with E-state index in [1.54, 1.807) is 0 Å². The number of ether oxygens (including phenoxy) is 1. The van der Waals surface area contributed by atoms with Crippen molar-refractivity contribution in [3.05, 3.63) is 23.7 Å². The van der Waals surface area contributed by atoms with Gasteiger partial charge < -0.3 is 15.0 Å². The van der Waals surface area contributed by atoms with Gasteiger partial charge in [-0.05, 0) is 44.6 Å². The summed E-state index contributed by atoms with van der Waals surface area (Å²) in [5.41, 5.74) is 4.73. The summed E-state index contributed by atoms with van der Waals surface area (Å²) < 4.78 is 5.59. The fourth-order valence-corrected chi connectivity index (χ4v) is 4.31. The second-order valence-electron chi connectivity index (χ2n) is 8.00. The van der Waals surface area contributed by atoms with Crippen LogP contribution in [-0.2, 0) is 22.4 Å². The molecule has 7 nitrogen and oxygen atoms in total. The first kappa shape index (κ1) is 20.0.